The average Bonchev–Trinajstić information content (AvgIpc) is 2.34. The van der Waals surface area contributed by atoms with Crippen LogP contribution < -0.4 is 11.1 Å². The number of hydrogen-bond acceptors (Lipinski definition) is 3. The highest BCUT2D eigenvalue weighted by Crippen LogP contribution is 2.17. The fraction of sp³-hybridized carbons (Fsp3) is 0.500. The van der Waals surface area contributed by atoms with E-state index in [1.807, 2.05) is 14.1 Å². The highest BCUT2D eigenvalue weighted by molar-refractivity contribution is 5.95. The Kier molecular flexibility index (Phi) is 5.76. The van der Waals surface area contributed by atoms with Gasteiger partial charge in [-0.05, 0) is 52.5 Å². The average molecular weight is 267 g/mol. The van der Waals surface area contributed by atoms with Gasteiger partial charge in [-0.2, -0.15) is 0 Å². The monoisotopic (exact) mass is 267 g/mol. The van der Waals surface area contributed by atoms with Crippen LogP contribution in [0.25, 0.3) is 0 Å². The molecule has 3 N–H and O–H groups in total. The van der Waals surface area contributed by atoms with Crippen LogP contribution in [-0.2, 0) is 0 Å². The molecule has 1 amide bonds. The van der Waals surface area contributed by atoms with Crippen molar-refractivity contribution in [3.05, 3.63) is 29.1 Å². The van der Waals surface area contributed by atoms with Crippen LogP contribution >= 0.6 is 0 Å². The quantitative estimate of drug-likeness (QED) is 0.610. The van der Waals surface area contributed by atoms with Gasteiger partial charge in [0.05, 0.1) is 0 Å². The number of halogens is 1. The Labute approximate surface area is 113 Å². The van der Waals surface area contributed by atoms with Crippen LogP contribution in [0.5, 0.6) is 0 Å². The van der Waals surface area contributed by atoms with Gasteiger partial charge in [0.2, 0.25) is 0 Å². The van der Waals surface area contributed by atoms with E-state index in [-0.39, 0.29) is 11.5 Å². The number of carbonyl (C=O) groups excluding carboxylic acids is 1. The minimum absolute atomic E-state index is 0.271. The van der Waals surface area contributed by atoms with Crippen LogP contribution in [0, 0.1) is 12.7 Å². The molecule has 0 aliphatic carbocycles. The van der Waals surface area contributed by atoms with Crippen LogP contribution in [0.3, 0.4) is 0 Å². The number of nitrogens with two attached hydrogens (primary N) is 1. The molecule has 1 rings (SSSR count). The van der Waals surface area contributed by atoms with Gasteiger partial charge in [0, 0.05) is 23.4 Å². The fourth-order valence-electron chi connectivity index (χ4n) is 1.69. The SMILES string of the molecule is Cc1c(N)cc(C(=O)NCCCCN(C)C)cc1F. The Morgan fingerprint density at radius 2 is 2.05 bits per heavy atom. The summed E-state index contributed by atoms with van der Waals surface area (Å²) in [5, 5.41) is 2.77. The lowest BCUT2D eigenvalue weighted by Crippen LogP contribution is -2.25. The molecule has 0 atom stereocenters. The number of amides is 1. The summed E-state index contributed by atoms with van der Waals surface area (Å²) in [6, 6.07) is 2.73. The van der Waals surface area contributed by atoms with Crippen molar-refractivity contribution in [1.29, 1.82) is 0 Å². The number of carbonyl (C=O) groups is 1. The molecule has 0 bridgehead atoms. The second-order valence-electron chi connectivity index (χ2n) is 4.94. The third kappa shape index (κ3) is 4.87. The zero-order valence-electron chi connectivity index (χ0n) is 11.8. The predicted molar refractivity (Wildman–Crippen MR) is 75.7 cm³/mol. The van der Waals surface area contributed by atoms with Crippen molar-refractivity contribution in [2.75, 3.05) is 32.9 Å². The van der Waals surface area contributed by atoms with Gasteiger partial charge in [-0.1, -0.05) is 0 Å². The van der Waals surface area contributed by atoms with E-state index in [0.717, 1.165) is 19.4 Å². The Hall–Kier alpha value is -1.62. The van der Waals surface area contributed by atoms with Crippen molar-refractivity contribution in [1.82, 2.24) is 10.2 Å². The van der Waals surface area contributed by atoms with Crippen molar-refractivity contribution in [2.45, 2.75) is 19.8 Å². The Balaban J connectivity index is 2.46. The van der Waals surface area contributed by atoms with Gasteiger partial charge in [0.25, 0.3) is 5.91 Å². The molecule has 4 nitrogen and oxygen atoms in total. The Bertz CT molecular complexity index is 423. The van der Waals surface area contributed by atoms with Gasteiger partial charge < -0.3 is 16.0 Å². The van der Waals surface area contributed by atoms with E-state index >= 15 is 0 Å². The third-order valence-electron chi connectivity index (χ3n) is 2.96. The van der Waals surface area contributed by atoms with Crippen LogP contribution in [0.1, 0.15) is 28.8 Å². The fourth-order valence-corrected chi connectivity index (χ4v) is 1.69. The molecule has 106 valence electrons. The largest absolute Gasteiger partial charge is 0.398 e. The van der Waals surface area contributed by atoms with Gasteiger partial charge in [-0.25, -0.2) is 4.39 Å². The lowest BCUT2D eigenvalue weighted by Gasteiger charge is -2.10. The number of nitrogens with zero attached hydrogens (tertiary/aromatic N) is 1. The summed E-state index contributed by atoms with van der Waals surface area (Å²) < 4.78 is 13.5. The van der Waals surface area contributed by atoms with E-state index in [1.165, 1.54) is 12.1 Å². The number of hydrogen-bond donors (Lipinski definition) is 2. The summed E-state index contributed by atoms with van der Waals surface area (Å²) >= 11 is 0. The van der Waals surface area contributed by atoms with Crippen molar-refractivity contribution < 1.29 is 9.18 Å². The highest BCUT2D eigenvalue weighted by Gasteiger charge is 2.10. The van der Waals surface area contributed by atoms with E-state index in [2.05, 4.69) is 10.2 Å². The first-order valence-electron chi connectivity index (χ1n) is 6.40. The Morgan fingerprint density at radius 1 is 1.37 bits per heavy atom. The number of anilines is 1. The Morgan fingerprint density at radius 3 is 2.63 bits per heavy atom. The molecular weight excluding hydrogens is 245 g/mol. The molecule has 0 saturated heterocycles. The molecule has 0 fully saturated rings. The standard InChI is InChI=1S/C14H22FN3O/c1-10-12(15)8-11(9-13(10)16)14(19)17-6-4-5-7-18(2)3/h8-9H,4-7,16H2,1-3H3,(H,17,19). The normalized spacial score (nSPS) is 10.8. The molecule has 0 aromatic heterocycles. The molecule has 0 unspecified atom stereocenters. The first kappa shape index (κ1) is 15.4. The van der Waals surface area contributed by atoms with E-state index in [1.54, 1.807) is 6.92 Å². The maximum absolute atomic E-state index is 13.5. The summed E-state index contributed by atoms with van der Waals surface area (Å²) in [4.78, 5) is 13.9. The third-order valence-corrected chi connectivity index (χ3v) is 2.96. The smallest absolute Gasteiger partial charge is 0.251 e. The second kappa shape index (κ2) is 7.09. The van der Waals surface area contributed by atoms with Gasteiger partial charge in [0.1, 0.15) is 5.82 Å². The van der Waals surface area contributed by atoms with Crippen molar-refractivity contribution in [3.63, 3.8) is 0 Å². The van der Waals surface area contributed by atoms with Crippen molar-refractivity contribution >= 4 is 11.6 Å². The number of nitrogens with one attached hydrogen (secondary N) is 1. The van der Waals surface area contributed by atoms with Gasteiger partial charge in [-0.3, -0.25) is 4.79 Å². The minimum Gasteiger partial charge on any atom is -0.398 e. The van der Waals surface area contributed by atoms with Gasteiger partial charge in [-0.15, -0.1) is 0 Å². The molecule has 5 heteroatoms. The van der Waals surface area contributed by atoms with Crippen LogP contribution in [0.4, 0.5) is 10.1 Å². The topological polar surface area (TPSA) is 58.4 Å². The molecule has 19 heavy (non-hydrogen) atoms. The molecule has 0 saturated carbocycles. The van der Waals surface area contributed by atoms with Gasteiger partial charge in [0.15, 0.2) is 0 Å². The highest BCUT2D eigenvalue weighted by atomic mass is 19.1. The summed E-state index contributed by atoms with van der Waals surface area (Å²) in [5.74, 6) is -0.729. The summed E-state index contributed by atoms with van der Waals surface area (Å²) in [6.07, 6.45) is 1.91. The van der Waals surface area contributed by atoms with E-state index in [0.29, 0.717) is 17.8 Å². The molecular formula is C14H22FN3O. The number of benzene rings is 1. The molecule has 0 aliphatic heterocycles. The van der Waals surface area contributed by atoms with E-state index in [9.17, 15) is 9.18 Å². The summed E-state index contributed by atoms with van der Waals surface area (Å²) in [7, 11) is 4.02. The van der Waals surface area contributed by atoms with Crippen LogP contribution in [0.2, 0.25) is 0 Å². The first-order valence-corrected chi connectivity index (χ1v) is 6.40. The summed E-state index contributed by atoms with van der Waals surface area (Å²) in [5.41, 5.74) is 6.60. The van der Waals surface area contributed by atoms with Gasteiger partial charge >= 0.3 is 0 Å². The first-order chi connectivity index (χ1) is 8.91. The molecule has 1 aromatic carbocycles. The van der Waals surface area contributed by atoms with Crippen LogP contribution in [-0.4, -0.2) is 38.0 Å². The van der Waals surface area contributed by atoms with Crippen LogP contribution in [0.15, 0.2) is 12.1 Å². The molecule has 0 radical (unpaired) electrons. The zero-order valence-corrected chi connectivity index (χ0v) is 11.8. The lowest BCUT2D eigenvalue weighted by molar-refractivity contribution is 0.0952. The molecule has 0 heterocycles. The molecule has 0 aliphatic rings. The second-order valence-corrected chi connectivity index (χ2v) is 4.94. The van der Waals surface area contributed by atoms with Crippen molar-refractivity contribution in [2.24, 2.45) is 0 Å². The van der Waals surface area contributed by atoms with Crippen molar-refractivity contribution in [3.8, 4) is 0 Å². The minimum atomic E-state index is -0.447. The number of unbranched alkanes of at least 4 members (excludes halogenated alkanes) is 1. The molecule has 1 aromatic rings. The number of nitrogen functional groups attached to an aromatic ring is 1. The predicted octanol–water partition coefficient (Wildman–Crippen LogP) is 1.79. The van der Waals surface area contributed by atoms with E-state index < -0.39 is 5.82 Å². The number of rotatable bonds is 6. The maximum Gasteiger partial charge on any atom is 0.251 e. The van der Waals surface area contributed by atoms with E-state index in [4.69, 9.17) is 5.73 Å². The lowest BCUT2D eigenvalue weighted by atomic mass is 10.1. The molecule has 0 spiro atoms. The maximum atomic E-state index is 13.5. The zero-order chi connectivity index (χ0) is 14.4. The summed E-state index contributed by atoms with van der Waals surface area (Å²) in [6.45, 7) is 3.16.